The zero-order valence-corrected chi connectivity index (χ0v) is 8.32. The van der Waals surface area contributed by atoms with Gasteiger partial charge in [0.2, 0.25) is 0 Å². The van der Waals surface area contributed by atoms with Crippen molar-refractivity contribution in [2.45, 2.75) is 32.2 Å². The summed E-state index contributed by atoms with van der Waals surface area (Å²) in [5, 5.41) is 8.66. The van der Waals surface area contributed by atoms with Crippen LogP contribution < -0.4 is 0 Å². The molecule has 2 rings (SSSR count). The number of aromatic nitrogens is 3. The van der Waals surface area contributed by atoms with Gasteiger partial charge in [-0.2, -0.15) is 15.0 Å². The van der Waals surface area contributed by atoms with Crippen LogP contribution in [0.15, 0.2) is 6.20 Å². The van der Waals surface area contributed by atoms with Gasteiger partial charge in [0.1, 0.15) is 6.04 Å². The van der Waals surface area contributed by atoms with E-state index in [1.807, 2.05) is 6.20 Å². The van der Waals surface area contributed by atoms with Crippen LogP contribution in [0.2, 0.25) is 0 Å². The lowest BCUT2D eigenvalue weighted by atomic mass is 9.93. The third-order valence-electron chi connectivity index (χ3n) is 2.22. The minimum absolute atomic E-state index is 0.0862. The van der Waals surface area contributed by atoms with E-state index in [4.69, 9.17) is 4.74 Å². The fourth-order valence-corrected chi connectivity index (χ4v) is 1.15. The van der Waals surface area contributed by atoms with Gasteiger partial charge < -0.3 is 4.74 Å². The van der Waals surface area contributed by atoms with Crippen LogP contribution in [0.25, 0.3) is 0 Å². The van der Waals surface area contributed by atoms with Crippen molar-refractivity contribution in [3.8, 4) is 0 Å². The molecule has 2 heterocycles. The predicted octanol–water partition coefficient (Wildman–Crippen LogP) is 1.15. The Hall–Kier alpha value is -0.900. The van der Waals surface area contributed by atoms with Crippen LogP contribution in [0.1, 0.15) is 32.5 Å². The van der Waals surface area contributed by atoms with E-state index in [1.54, 1.807) is 4.80 Å². The molecule has 1 aliphatic heterocycles. The molecule has 0 radical (unpaired) electrons. The molecule has 0 atom stereocenters. The van der Waals surface area contributed by atoms with Crippen molar-refractivity contribution in [2.75, 3.05) is 13.2 Å². The lowest BCUT2D eigenvalue weighted by Gasteiger charge is -2.24. The lowest BCUT2D eigenvalue weighted by Crippen LogP contribution is -2.32. The van der Waals surface area contributed by atoms with E-state index in [2.05, 4.69) is 31.0 Å². The fraction of sp³-hybridized carbons (Fsp3) is 0.778. The maximum absolute atomic E-state index is 5.08. The molecular formula is C9H15N3O. The van der Waals surface area contributed by atoms with E-state index in [0.717, 1.165) is 18.9 Å². The molecule has 4 nitrogen and oxygen atoms in total. The van der Waals surface area contributed by atoms with Crippen molar-refractivity contribution in [3.05, 3.63) is 11.9 Å². The molecule has 72 valence electrons. The molecular weight excluding hydrogens is 166 g/mol. The topological polar surface area (TPSA) is 39.9 Å². The lowest BCUT2D eigenvalue weighted by molar-refractivity contribution is -0.0350. The molecule has 1 saturated heterocycles. The number of ether oxygens (including phenoxy) is 1. The van der Waals surface area contributed by atoms with Gasteiger partial charge in [0, 0.05) is 5.41 Å². The zero-order valence-electron chi connectivity index (χ0n) is 8.32. The first-order chi connectivity index (χ1) is 6.07. The van der Waals surface area contributed by atoms with Crippen LogP contribution in [0, 0.1) is 0 Å². The van der Waals surface area contributed by atoms with Crippen molar-refractivity contribution in [1.82, 2.24) is 15.0 Å². The second-order valence-electron chi connectivity index (χ2n) is 4.49. The monoisotopic (exact) mass is 181 g/mol. The molecule has 0 saturated carbocycles. The summed E-state index contributed by atoms with van der Waals surface area (Å²) in [6, 6.07) is 0.357. The minimum Gasteiger partial charge on any atom is -0.377 e. The summed E-state index contributed by atoms with van der Waals surface area (Å²) in [4.78, 5) is 1.77. The molecule has 1 aliphatic rings. The molecule has 0 spiro atoms. The quantitative estimate of drug-likeness (QED) is 0.652. The molecule has 4 heteroatoms. The Balaban J connectivity index is 2.17. The largest absolute Gasteiger partial charge is 0.377 e. The summed E-state index contributed by atoms with van der Waals surface area (Å²) in [5.41, 5.74) is 1.13. The van der Waals surface area contributed by atoms with E-state index < -0.39 is 0 Å². The van der Waals surface area contributed by atoms with Crippen molar-refractivity contribution < 1.29 is 4.74 Å². The van der Waals surface area contributed by atoms with E-state index in [0.29, 0.717) is 6.04 Å². The summed E-state index contributed by atoms with van der Waals surface area (Å²) in [6.45, 7) is 7.91. The third kappa shape index (κ3) is 1.58. The Labute approximate surface area is 77.9 Å². The number of hydrogen-bond donors (Lipinski definition) is 0. The third-order valence-corrected chi connectivity index (χ3v) is 2.22. The highest BCUT2D eigenvalue weighted by atomic mass is 16.5. The number of rotatable bonds is 1. The number of hydrogen-bond acceptors (Lipinski definition) is 3. The average molecular weight is 181 g/mol. The molecule has 1 aromatic rings. The molecule has 0 bridgehead atoms. The van der Waals surface area contributed by atoms with Crippen LogP contribution in [0.5, 0.6) is 0 Å². The Morgan fingerprint density at radius 3 is 2.54 bits per heavy atom. The van der Waals surface area contributed by atoms with E-state index in [-0.39, 0.29) is 5.41 Å². The SMILES string of the molecule is CC(C)(C)c1cnn(C2COC2)n1. The van der Waals surface area contributed by atoms with Crippen molar-refractivity contribution in [2.24, 2.45) is 0 Å². The maximum atomic E-state index is 5.08. The molecule has 13 heavy (non-hydrogen) atoms. The summed E-state index contributed by atoms with van der Waals surface area (Å²) in [7, 11) is 0. The normalized spacial score (nSPS) is 18.7. The number of nitrogens with zero attached hydrogens (tertiary/aromatic N) is 3. The van der Waals surface area contributed by atoms with Crippen molar-refractivity contribution in [3.63, 3.8) is 0 Å². The first-order valence-electron chi connectivity index (χ1n) is 4.57. The molecule has 1 aromatic heterocycles. The van der Waals surface area contributed by atoms with Gasteiger partial charge in [-0.1, -0.05) is 20.8 Å². The minimum atomic E-state index is 0.0862. The van der Waals surface area contributed by atoms with Crippen LogP contribution >= 0.6 is 0 Å². The first kappa shape index (κ1) is 8.69. The Bertz CT molecular complexity index is 296. The summed E-state index contributed by atoms with van der Waals surface area (Å²) >= 11 is 0. The summed E-state index contributed by atoms with van der Waals surface area (Å²) < 4.78 is 5.08. The predicted molar refractivity (Wildman–Crippen MR) is 48.6 cm³/mol. The maximum Gasteiger partial charge on any atom is 0.118 e. The summed E-state index contributed by atoms with van der Waals surface area (Å²) in [5.74, 6) is 0. The van der Waals surface area contributed by atoms with E-state index in [9.17, 15) is 0 Å². The zero-order chi connectivity index (χ0) is 9.47. The Morgan fingerprint density at radius 1 is 1.46 bits per heavy atom. The fourth-order valence-electron chi connectivity index (χ4n) is 1.15. The smallest absolute Gasteiger partial charge is 0.118 e. The first-order valence-corrected chi connectivity index (χ1v) is 4.57. The standard InChI is InChI=1S/C9H15N3O/c1-9(2,3)8-4-10-12(11-8)7-5-13-6-7/h4,7H,5-6H2,1-3H3. The second kappa shape index (κ2) is 2.80. The average Bonchev–Trinajstić information content (AvgIpc) is 2.29. The highest BCUT2D eigenvalue weighted by Gasteiger charge is 2.25. The second-order valence-corrected chi connectivity index (χ2v) is 4.49. The summed E-state index contributed by atoms with van der Waals surface area (Å²) in [6.07, 6.45) is 1.85. The van der Waals surface area contributed by atoms with Gasteiger partial charge in [-0.25, -0.2) is 0 Å². The van der Waals surface area contributed by atoms with E-state index in [1.165, 1.54) is 0 Å². The van der Waals surface area contributed by atoms with Gasteiger partial charge >= 0.3 is 0 Å². The molecule has 0 aliphatic carbocycles. The molecule has 1 fully saturated rings. The molecule has 0 amide bonds. The molecule has 0 aromatic carbocycles. The van der Waals surface area contributed by atoms with Crippen LogP contribution in [0.3, 0.4) is 0 Å². The van der Waals surface area contributed by atoms with Crippen molar-refractivity contribution >= 4 is 0 Å². The van der Waals surface area contributed by atoms with Crippen molar-refractivity contribution in [1.29, 1.82) is 0 Å². The Morgan fingerprint density at radius 2 is 2.15 bits per heavy atom. The molecule has 0 unspecified atom stereocenters. The van der Waals surface area contributed by atoms with Gasteiger partial charge in [0.05, 0.1) is 25.1 Å². The van der Waals surface area contributed by atoms with Gasteiger partial charge in [-0.05, 0) is 0 Å². The van der Waals surface area contributed by atoms with Gasteiger partial charge in [0.25, 0.3) is 0 Å². The highest BCUT2D eigenvalue weighted by Crippen LogP contribution is 2.21. The van der Waals surface area contributed by atoms with Gasteiger partial charge in [-0.3, -0.25) is 0 Å². The highest BCUT2D eigenvalue weighted by molar-refractivity contribution is 5.06. The van der Waals surface area contributed by atoms with Crippen LogP contribution in [-0.2, 0) is 10.2 Å². The van der Waals surface area contributed by atoms with Gasteiger partial charge in [0.15, 0.2) is 0 Å². The van der Waals surface area contributed by atoms with Gasteiger partial charge in [-0.15, -0.1) is 0 Å². The molecule has 0 N–H and O–H groups in total. The Kier molecular flexibility index (Phi) is 1.87. The van der Waals surface area contributed by atoms with Crippen LogP contribution in [0.4, 0.5) is 0 Å². The van der Waals surface area contributed by atoms with E-state index >= 15 is 0 Å². The van der Waals surface area contributed by atoms with Crippen LogP contribution in [-0.4, -0.2) is 28.2 Å².